The summed E-state index contributed by atoms with van der Waals surface area (Å²) in [5.41, 5.74) is -0.0165. The molecule has 2 aromatic rings. The van der Waals surface area contributed by atoms with Gasteiger partial charge in [0.25, 0.3) is 8.32 Å². The third kappa shape index (κ3) is 5.37. The molecule has 4 heteroatoms. The van der Waals surface area contributed by atoms with Crippen molar-refractivity contribution in [1.82, 2.24) is 0 Å². The molecule has 0 bridgehead atoms. The van der Waals surface area contributed by atoms with Crippen LogP contribution in [0.3, 0.4) is 0 Å². The van der Waals surface area contributed by atoms with Crippen molar-refractivity contribution in [2.45, 2.75) is 64.2 Å². The molecule has 1 saturated heterocycles. The highest BCUT2D eigenvalue weighted by atomic mass is 28.4. The van der Waals surface area contributed by atoms with Crippen LogP contribution in [0.1, 0.15) is 47.0 Å². The van der Waals surface area contributed by atoms with E-state index in [4.69, 9.17) is 9.16 Å². The van der Waals surface area contributed by atoms with E-state index in [9.17, 15) is 5.11 Å². The van der Waals surface area contributed by atoms with Gasteiger partial charge in [-0.25, -0.2) is 0 Å². The number of ether oxygens (including phenoxy) is 1. The summed E-state index contributed by atoms with van der Waals surface area (Å²) >= 11 is 0. The minimum Gasteiger partial charge on any atom is -0.407 e. The second kappa shape index (κ2) is 9.82. The first-order valence-corrected chi connectivity index (χ1v) is 13.3. The molecule has 168 valence electrons. The van der Waals surface area contributed by atoms with E-state index in [1.807, 2.05) is 0 Å². The van der Waals surface area contributed by atoms with Gasteiger partial charge in [0.2, 0.25) is 0 Å². The maximum Gasteiger partial charge on any atom is 0.261 e. The second-order valence-corrected chi connectivity index (χ2v) is 14.4. The lowest BCUT2D eigenvalue weighted by atomic mass is 9.82. The zero-order chi connectivity index (χ0) is 22.5. The molecule has 0 aromatic heterocycles. The van der Waals surface area contributed by atoms with Crippen LogP contribution in [0.25, 0.3) is 0 Å². The molecule has 0 saturated carbocycles. The topological polar surface area (TPSA) is 42.0 Å². The van der Waals surface area contributed by atoms with Crippen LogP contribution < -0.4 is 10.4 Å². The maximum atomic E-state index is 9.23. The van der Waals surface area contributed by atoms with E-state index in [0.717, 1.165) is 19.3 Å². The van der Waals surface area contributed by atoms with E-state index >= 15 is 0 Å². The van der Waals surface area contributed by atoms with E-state index in [-0.39, 0.29) is 29.3 Å². The van der Waals surface area contributed by atoms with Gasteiger partial charge in [0.05, 0.1) is 12.7 Å². The first-order valence-electron chi connectivity index (χ1n) is 11.4. The van der Waals surface area contributed by atoms with Gasteiger partial charge in [0.15, 0.2) is 0 Å². The van der Waals surface area contributed by atoms with Crippen molar-refractivity contribution in [2.24, 2.45) is 5.41 Å². The summed E-state index contributed by atoms with van der Waals surface area (Å²) in [6, 6.07) is 21.6. The number of aliphatic hydroxyl groups excluding tert-OH is 1. The lowest BCUT2D eigenvalue weighted by Gasteiger charge is -2.43. The minimum absolute atomic E-state index is 0.0165. The van der Waals surface area contributed by atoms with Crippen molar-refractivity contribution >= 4 is 18.7 Å². The fraction of sp³-hybridized carbons (Fsp3) is 0.481. The molecule has 3 rings (SSSR count). The molecule has 1 aliphatic heterocycles. The van der Waals surface area contributed by atoms with Crippen molar-refractivity contribution in [1.29, 1.82) is 0 Å². The summed E-state index contributed by atoms with van der Waals surface area (Å²) in [6.07, 6.45) is 5.15. The highest BCUT2D eigenvalue weighted by Crippen LogP contribution is 2.39. The molecule has 3 atom stereocenters. The molecule has 0 radical (unpaired) electrons. The molecule has 1 fully saturated rings. The van der Waals surface area contributed by atoms with Crippen LogP contribution in [0.15, 0.2) is 73.3 Å². The lowest BCUT2D eigenvalue weighted by Crippen LogP contribution is -2.66. The molecule has 1 N–H and O–H groups in total. The fourth-order valence-electron chi connectivity index (χ4n) is 4.59. The standard InChI is InChI=1S/C27H38O3Si/c1-6-27(5,18-17-24-25(21-28)30-24)19-20-29-31(26(2,3)4,22-13-9-7-10-14-22)23-15-11-8-12-16-23/h6-16,24-25,28H,1,17-21H2,2-5H3/t24-,25-,27?/m0/s1. The Kier molecular flexibility index (Phi) is 7.58. The number of benzene rings is 2. The third-order valence-electron chi connectivity index (χ3n) is 6.77. The Morgan fingerprint density at radius 2 is 1.48 bits per heavy atom. The zero-order valence-electron chi connectivity index (χ0n) is 19.5. The van der Waals surface area contributed by atoms with Crippen LogP contribution in [-0.2, 0) is 9.16 Å². The number of aliphatic hydroxyl groups is 1. The summed E-state index contributed by atoms with van der Waals surface area (Å²) in [5.74, 6) is 0. The molecule has 0 spiro atoms. The average Bonchev–Trinajstić information content (AvgIpc) is 3.55. The van der Waals surface area contributed by atoms with Crippen LogP contribution >= 0.6 is 0 Å². The number of allylic oxidation sites excluding steroid dienone is 1. The van der Waals surface area contributed by atoms with Crippen molar-refractivity contribution < 1.29 is 14.3 Å². The molecular formula is C27H38O3Si. The van der Waals surface area contributed by atoms with Gasteiger partial charge < -0.3 is 14.3 Å². The molecule has 0 amide bonds. The smallest absolute Gasteiger partial charge is 0.261 e. The number of hydrogen-bond acceptors (Lipinski definition) is 3. The molecule has 2 aromatic carbocycles. The van der Waals surface area contributed by atoms with E-state index in [0.29, 0.717) is 6.61 Å². The van der Waals surface area contributed by atoms with E-state index in [2.05, 4.69) is 101 Å². The van der Waals surface area contributed by atoms with Gasteiger partial charge in [-0.05, 0) is 40.1 Å². The molecule has 1 unspecified atom stereocenters. The SMILES string of the molecule is C=CC(C)(CCO[Si](c1ccccc1)(c1ccccc1)C(C)(C)C)CC[C@@H]1O[C@H]1CO. The predicted molar refractivity (Wildman–Crippen MR) is 131 cm³/mol. The summed E-state index contributed by atoms with van der Waals surface area (Å²) in [4.78, 5) is 0. The number of epoxide rings is 1. The van der Waals surface area contributed by atoms with Gasteiger partial charge >= 0.3 is 0 Å². The summed E-state index contributed by atoms with van der Waals surface area (Å²) in [7, 11) is -2.50. The van der Waals surface area contributed by atoms with Crippen molar-refractivity contribution in [3.63, 3.8) is 0 Å². The highest BCUT2D eigenvalue weighted by molar-refractivity contribution is 6.99. The van der Waals surface area contributed by atoms with Crippen molar-refractivity contribution in [3.05, 3.63) is 73.3 Å². The maximum absolute atomic E-state index is 9.23. The number of rotatable bonds is 11. The van der Waals surface area contributed by atoms with Gasteiger partial charge in [-0.1, -0.05) is 94.4 Å². The lowest BCUT2D eigenvalue weighted by molar-refractivity contribution is 0.221. The Morgan fingerprint density at radius 1 is 0.935 bits per heavy atom. The van der Waals surface area contributed by atoms with Crippen LogP contribution in [0, 0.1) is 5.41 Å². The first-order chi connectivity index (χ1) is 14.8. The van der Waals surface area contributed by atoms with Gasteiger partial charge in [0, 0.05) is 6.61 Å². The minimum atomic E-state index is -2.50. The van der Waals surface area contributed by atoms with Gasteiger partial charge in [-0.2, -0.15) is 0 Å². The van der Waals surface area contributed by atoms with E-state index in [1.54, 1.807) is 0 Å². The largest absolute Gasteiger partial charge is 0.407 e. The summed E-state index contributed by atoms with van der Waals surface area (Å²) < 4.78 is 12.6. The van der Waals surface area contributed by atoms with Gasteiger partial charge in [-0.15, -0.1) is 6.58 Å². The van der Waals surface area contributed by atoms with Crippen LogP contribution in [0.4, 0.5) is 0 Å². The third-order valence-corrected chi connectivity index (χ3v) is 11.8. The monoisotopic (exact) mass is 438 g/mol. The zero-order valence-corrected chi connectivity index (χ0v) is 20.5. The Hall–Kier alpha value is -1.72. The molecule has 1 aliphatic rings. The average molecular weight is 439 g/mol. The Balaban J connectivity index is 1.81. The highest BCUT2D eigenvalue weighted by Gasteiger charge is 2.50. The van der Waals surface area contributed by atoms with Crippen LogP contribution in [0.5, 0.6) is 0 Å². The van der Waals surface area contributed by atoms with E-state index in [1.165, 1.54) is 10.4 Å². The molecule has 31 heavy (non-hydrogen) atoms. The Labute approximate surface area is 189 Å². The van der Waals surface area contributed by atoms with Gasteiger partial charge in [-0.3, -0.25) is 0 Å². The molecular weight excluding hydrogens is 400 g/mol. The van der Waals surface area contributed by atoms with E-state index < -0.39 is 8.32 Å². The van der Waals surface area contributed by atoms with Gasteiger partial charge in [0.1, 0.15) is 6.10 Å². The Morgan fingerprint density at radius 3 is 1.90 bits per heavy atom. The predicted octanol–water partition coefficient (Wildman–Crippen LogP) is 4.69. The first kappa shape index (κ1) is 23.9. The summed E-state index contributed by atoms with van der Waals surface area (Å²) in [6.45, 7) is 14.1. The number of hydrogen-bond donors (Lipinski definition) is 1. The summed E-state index contributed by atoms with van der Waals surface area (Å²) in [5, 5.41) is 11.8. The van der Waals surface area contributed by atoms with Crippen LogP contribution in [-0.4, -0.2) is 38.8 Å². The van der Waals surface area contributed by atoms with Crippen molar-refractivity contribution in [3.8, 4) is 0 Å². The van der Waals surface area contributed by atoms with Crippen molar-refractivity contribution in [2.75, 3.05) is 13.2 Å². The van der Waals surface area contributed by atoms with Crippen LogP contribution in [0.2, 0.25) is 5.04 Å². The Bertz CT molecular complexity index is 791. The normalized spacial score (nSPS) is 20.8. The fourth-order valence-corrected chi connectivity index (χ4v) is 9.16. The molecule has 3 nitrogen and oxygen atoms in total. The molecule has 0 aliphatic carbocycles. The second-order valence-electron chi connectivity index (χ2n) is 10.1. The molecule has 1 heterocycles. The quantitative estimate of drug-likeness (QED) is 0.314.